The molecule has 2 heterocycles. The maximum absolute atomic E-state index is 13.2. The van der Waals surface area contributed by atoms with Crippen molar-refractivity contribution in [2.45, 2.75) is 19.1 Å². The topological polar surface area (TPSA) is 87.5 Å². The summed E-state index contributed by atoms with van der Waals surface area (Å²) in [5, 5.41) is 16.0. The summed E-state index contributed by atoms with van der Waals surface area (Å²) >= 11 is 0.887. The van der Waals surface area contributed by atoms with Gasteiger partial charge in [0.25, 0.3) is 11.6 Å². The van der Waals surface area contributed by atoms with Gasteiger partial charge in [-0.2, -0.15) is 13.2 Å². The molecular formula is C13H18ClF3N4O3S. The van der Waals surface area contributed by atoms with Gasteiger partial charge in [0.2, 0.25) is 0 Å². The van der Waals surface area contributed by atoms with Gasteiger partial charge in [0.1, 0.15) is 6.04 Å². The van der Waals surface area contributed by atoms with Crippen molar-refractivity contribution in [2.24, 2.45) is 0 Å². The summed E-state index contributed by atoms with van der Waals surface area (Å²) in [4.78, 5) is 23.8. The Hall–Kier alpha value is -1.43. The molecule has 0 spiro atoms. The van der Waals surface area contributed by atoms with Crippen LogP contribution in [0.25, 0.3) is 0 Å². The number of piperazine rings is 1. The fourth-order valence-electron chi connectivity index (χ4n) is 2.49. The third-order valence-corrected chi connectivity index (χ3v) is 4.78. The number of hydrogen-bond donors (Lipinski definition) is 2. The van der Waals surface area contributed by atoms with Crippen LogP contribution < -0.4 is 10.6 Å². The van der Waals surface area contributed by atoms with Gasteiger partial charge < -0.3 is 10.6 Å². The molecule has 0 bridgehead atoms. The smallest absolute Gasteiger partial charge is 0.349 e. The van der Waals surface area contributed by atoms with Gasteiger partial charge in [0, 0.05) is 38.8 Å². The molecule has 0 radical (unpaired) electrons. The summed E-state index contributed by atoms with van der Waals surface area (Å²) in [6, 6.07) is -0.692. The highest BCUT2D eigenvalue weighted by molar-refractivity contribution is 7.14. The average molecular weight is 403 g/mol. The molecule has 1 aromatic heterocycles. The lowest BCUT2D eigenvalue weighted by Crippen LogP contribution is -2.57. The van der Waals surface area contributed by atoms with Crippen LogP contribution in [0, 0.1) is 17.0 Å². The molecule has 1 saturated heterocycles. The Bertz CT molecular complexity index is 620. The summed E-state index contributed by atoms with van der Waals surface area (Å²) in [6.45, 7) is 2.28. The fourth-order valence-corrected chi connectivity index (χ4v) is 3.39. The molecule has 1 aliphatic rings. The lowest BCUT2D eigenvalue weighted by atomic mass is 10.2. The number of nitrogens with one attached hydrogen (secondary N) is 2. The van der Waals surface area contributed by atoms with Crippen molar-refractivity contribution in [3.05, 3.63) is 25.9 Å². The first kappa shape index (κ1) is 21.6. The first-order valence-electron chi connectivity index (χ1n) is 7.24. The molecule has 1 atom stereocenters. The third-order valence-electron chi connectivity index (χ3n) is 3.74. The van der Waals surface area contributed by atoms with Gasteiger partial charge in [-0.3, -0.25) is 19.8 Å². The summed E-state index contributed by atoms with van der Waals surface area (Å²) in [5.41, 5.74) is -0.209. The van der Waals surface area contributed by atoms with E-state index in [4.69, 9.17) is 0 Å². The van der Waals surface area contributed by atoms with Crippen molar-refractivity contribution in [2.75, 3.05) is 32.7 Å². The fraction of sp³-hybridized carbons (Fsp3) is 0.615. The molecule has 0 aromatic carbocycles. The van der Waals surface area contributed by atoms with Crippen LogP contribution in [0.15, 0.2) is 6.07 Å². The van der Waals surface area contributed by atoms with Gasteiger partial charge in [-0.05, 0) is 6.92 Å². The molecule has 1 aromatic rings. The number of carbonyl (C=O) groups excluding carboxylic acids is 1. The van der Waals surface area contributed by atoms with Gasteiger partial charge in [-0.15, -0.1) is 23.7 Å². The molecule has 0 saturated carbocycles. The van der Waals surface area contributed by atoms with E-state index in [0.29, 0.717) is 18.0 Å². The maximum Gasteiger partial charge on any atom is 0.405 e. The zero-order valence-corrected chi connectivity index (χ0v) is 14.9. The quantitative estimate of drug-likeness (QED) is 0.580. The van der Waals surface area contributed by atoms with E-state index in [1.807, 2.05) is 0 Å². The number of carbonyl (C=O) groups is 1. The number of nitro groups is 1. The molecule has 2 N–H and O–H groups in total. The van der Waals surface area contributed by atoms with Gasteiger partial charge in [-0.25, -0.2) is 0 Å². The summed E-state index contributed by atoms with van der Waals surface area (Å²) < 4.78 is 39.7. The van der Waals surface area contributed by atoms with Crippen molar-refractivity contribution in [3.63, 3.8) is 0 Å². The van der Waals surface area contributed by atoms with E-state index < -0.39 is 29.6 Å². The largest absolute Gasteiger partial charge is 0.405 e. The van der Waals surface area contributed by atoms with E-state index in [0.717, 1.165) is 17.4 Å². The van der Waals surface area contributed by atoms with E-state index in [1.165, 1.54) is 11.8 Å². The molecule has 1 fully saturated rings. The Morgan fingerprint density at radius 1 is 1.48 bits per heavy atom. The predicted octanol–water partition coefficient (Wildman–Crippen LogP) is 1.95. The van der Waals surface area contributed by atoms with Crippen LogP contribution in [0.4, 0.5) is 18.9 Å². The Balaban J connectivity index is 0.00000312. The van der Waals surface area contributed by atoms with E-state index in [2.05, 4.69) is 10.6 Å². The van der Waals surface area contributed by atoms with Crippen LogP contribution in [-0.2, 0) is 0 Å². The minimum atomic E-state index is -4.47. The predicted molar refractivity (Wildman–Crippen MR) is 89.6 cm³/mol. The summed E-state index contributed by atoms with van der Waals surface area (Å²) in [5.74, 6) is -0.736. The normalized spacial score (nSPS) is 16.8. The van der Waals surface area contributed by atoms with Gasteiger partial charge in [0.05, 0.1) is 14.7 Å². The molecule has 12 heteroatoms. The van der Waals surface area contributed by atoms with E-state index in [-0.39, 0.29) is 36.1 Å². The Labute approximate surface area is 152 Å². The number of aryl methyl sites for hydroxylation is 1. The van der Waals surface area contributed by atoms with E-state index in [1.54, 1.807) is 0 Å². The zero-order chi connectivity index (χ0) is 17.9. The van der Waals surface area contributed by atoms with Crippen LogP contribution in [0.2, 0.25) is 0 Å². The van der Waals surface area contributed by atoms with Crippen LogP contribution in [0.5, 0.6) is 0 Å². The molecule has 0 aliphatic carbocycles. The monoisotopic (exact) mass is 402 g/mol. The highest BCUT2D eigenvalue weighted by atomic mass is 35.5. The minimum Gasteiger partial charge on any atom is -0.349 e. The number of nitrogens with zero attached hydrogens (tertiary/aromatic N) is 2. The Kier molecular flexibility index (Phi) is 7.60. The molecular weight excluding hydrogens is 385 g/mol. The second-order valence-electron chi connectivity index (χ2n) is 5.36. The second-order valence-corrected chi connectivity index (χ2v) is 6.62. The van der Waals surface area contributed by atoms with E-state index >= 15 is 0 Å². The minimum absolute atomic E-state index is 0. The maximum atomic E-state index is 13.2. The van der Waals surface area contributed by atoms with Crippen LogP contribution in [0.3, 0.4) is 0 Å². The number of hydrogen-bond acceptors (Lipinski definition) is 6. The summed E-state index contributed by atoms with van der Waals surface area (Å²) in [7, 11) is 0. The standard InChI is InChI=1S/C13H17F3N4O3S.ClH/c1-8-9(20(22)23)6-10(24-8)12(21)18-7-11(13(14,15)16)19-4-2-17-3-5-19;/h6,11,17H,2-5,7H2,1H3,(H,18,21);1H. The molecule has 7 nitrogen and oxygen atoms in total. The molecule has 25 heavy (non-hydrogen) atoms. The number of amides is 1. The lowest BCUT2D eigenvalue weighted by molar-refractivity contribution is -0.385. The van der Waals surface area contributed by atoms with Gasteiger partial charge in [0.15, 0.2) is 0 Å². The van der Waals surface area contributed by atoms with Crippen molar-refractivity contribution < 1.29 is 22.9 Å². The highest BCUT2D eigenvalue weighted by Gasteiger charge is 2.43. The first-order chi connectivity index (χ1) is 11.2. The lowest BCUT2D eigenvalue weighted by Gasteiger charge is -2.35. The van der Waals surface area contributed by atoms with Crippen molar-refractivity contribution in [3.8, 4) is 0 Å². The van der Waals surface area contributed by atoms with E-state index in [9.17, 15) is 28.1 Å². The molecule has 1 unspecified atom stereocenters. The number of thiophene rings is 1. The van der Waals surface area contributed by atoms with Crippen molar-refractivity contribution >= 4 is 35.3 Å². The van der Waals surface area contributed by atoms with Gasteiger partial charge in [-0.1, -0.05) is 0 Å². The summed E-state index contributed by atoms with van der Waals surface area (Å²) in [6.07, 6.45) is -4.47. The molecule has 142 valence electrons. The zero-order valence-electron chi connectivity index (χ0n) is 13.3. The number of rotatable bonds is 5. The SMILES string of the molecule is Cc1sc(C(=O)NCC(N2CCNCC2)C(F)(F)F)cc1[N+](=O)[O-].Cl. The van der Waals surface area contributed by atoms with Crippen LogP contribution in [-0.4, -0.2) is 60.7 Å². The number of halogens is 4. The molecule has 1 aliphatic heterocycles. The van der Waals surface area contributed by atoms with Crippen molar-refractivity contribution in [1.29, 1.82) is 0 Å². The Morgan fingerprint density at radius 2 is 2.08 bits per heavy atom. The third kappa shape index (κ3) is 5.53. The number of alkyl halides is 3. The average Bonchev–Trinajstić information content (AvgIpc) is 2.89. The van der Waals surface area contributed by atoms with Crippen LogP contribution >= 0.6 is 23.7 Å². The molecule has 2 rings (SSSR count). The van der Waals surface area contributed by atoms with Crippen molar-refractivity contribution in [1.82, 2.24) is 15.5 Å². The molecule has 1 amide bonds. The van der Waals surface area contributed by atoms with Gasteiger partial charge >= 0.3 is 6.18 Å². The Morgan fingerprint density at radius 3 is 2.56 bits per heavy atom. The second kappa shape index (κ2) is 8.79. The highest BCUT2D eigenvalue weighted by Crippen LogP contribution is 2.28. The first-order valence-corrected chi connectivity index (χ1v) is 8.06. The van der Waals surface area contributed by atoms with Crippen LogP contribution in [0.1, 0.15) is 14.5 Å².